The number of methoxy groups -OCH3 is 2. The second kappa shape index (κ2) is 7.44. The lowest BCUT2D eigenvalue weighted by Crippen LogP contribution is -2.45. The number of nitrogens with zero attached hydrogens (tertiary/aromatic N) is 1. The number of anilines is 1. The summed E-state index contributed by atoms with van der Waals surface area (Å²) >= 11 is 0. The number of nitrogens with one attached hydrogen (secondary N) is 1. The standard InChI is InChI=1S/C19H23N3O3/c1-24-17-10-13-8-9-22(16(12-20)15(13)11-18(17)25-2)19(23)21-14-6-4-3-5-7-14/h3-7,10-11,16H,8-9,12,20H2,1-2H3,(H,21,23). The maximum Gasteiger partial charge on any atom is 0.322 e. The molecule has 132 valence electrons. The van der Waals surface area contributed by atoms with Gasteiger partial charge in [0.25, 0.3) is 0 Å². The van der Waals surface area contributed by atoms with Crippen LogP contribution in [-0.4, -0.2) is 38.2 Å². The van der Waals surface area contributed by atoms with Gasteiger partial charge in [-0.2, -0.15) is 0 Å². The minimum atomic E-state index is -0.202. The van der Waals surface area contributed by atoms with E-state index in [0.717, 1.165) is 23.2 Å². The normalized spacial score (nSPS) is 16.1. The highest BCUT2D eigenvalue weighted by atomic mass is 16.5. The van der Waals surface area contributed by atoms with E-state index >= 15 is 0 Å². The Hall–Kier alpha value is -2.73. The fourth-order valence-corrected chi connectivity index (χ4v) is 3.24. The molecule has 0 fully saturated rings. The molecule has 1 atom stereocenters. The lowest BCUT2D eigenvalue weighted by Gasteiger charge is -2.37. The monoisotopic (exact) mass is 341 g/mol. The highest BCUT2D eigenvalue weighted by molar-refractivity contribution is 5.89. The number of fused-ring (bicyclic) bond motifs is 1. The summed E-state index contributed by atoms with van der Waals surface area (Å²) in [5.41, 5.74) is 8.92. The number of carbonyl (C=O) groups excluding carboxylic acids is 1. The van der Waals surface area contributed by atoms with Gasteiger partial charge in [0.2, 0.25) is 0 Å². The van der Waals surface area contributed by atoms with Crippen LogP contribution in [0.4, 0.5) is 10.5 Å². The molecule has 2 aromatic rings. The summed E-state index contributed by atoms with van der Waals surface area (Å²) in [6.45, 7) is 0.938. The molecule has 1 aliphatic rings. The molecule has 1 aliphatic heterocycles. The number of rotatable bonds is 4. The molecule has 25 heavy (non-hydrogen) atoms. The van der Waals surface area contributed by atoms with Crippen LogP contribution in [0.5, 0.6) is 11.5 Å². The van der Waals surface area contributed by atoms with E-state index in [0.29, 0.717) is 24.6 Å². The molecule has 1 unspecified atom stereocenters. The second-order valence-corrected chi connectivity index (χ2v) is 5.90. The Morgan fingerprint density at radius 2 is 1.88 bits per heavy atom. The third-order valence-corrected chi connectivity index (χ3v) is 4.51. The van der Waals surface area contributed by atoms with E-state index in [-0.39, 0.29) is 12.1 Å². The quantitative estimate of drug-likeness (QED) is 0.896. The predicted molar refractivity (Wildman–Crippen MR) is 97.2 cm³/mol. The van der Waals surface area contributed by atoms with Crippen molar-refractivity contribution in [3.8, 4) is 11.5 Å². The Labute approximate surface area is 147 Å². The molecule has 0 aliphatic carbocycles. The highest BCUT2D eigenvalue weighted by Crippen LogP contribution is 2.37. The van der Waals surface area contributed by atoms with E-state index in [2.05, 4.69) is 5.32 Å². The molecule has 0 bridgehead atoms. The number of hydrogen-bond donors (Lipinski definition) is 2. The molecule has 0 radical (unpaired) electrons. The molecule has 0 saturated heterocycles. The number of hydrogen-bond acceptors (Lipinski definition) is 4. The van der Waals surface area contributed by atoms with Gasteiger partial charge in [-0.15, -0.1) is 0 Å². The van der Waals surface area contributed by atoms with E-state index < -0.39 is 0 Å². The molecule has 2 amide bonds. The molecule has 6 heteroatoms. The molecular weight excluding hydrogens is 318 g/mol. The van der Waals surface area contributed by atoms with Gasteiger partial charge >= 0.3 is 6.03 Å². The van der Waals surface area contributed by atoms with Crippen molar-refractivity contribution in [3.63, 3.8) is 0 Å². The molecule has 2 aromatic carbocycles. The minimum absolute atomic E-state index is 0.151. The molecule has 3 rings (SSSR count). The largest absolute Gasteiger partial charge is 0.493 e. The van der Waals surface area contributed by atoms with Crippen LogP contribution >= 0.6 is 0 Å². The summed E-state index contributed by atoms with van der Waals surface area (Å²) in [6.07, 6.45) is 0.744. The Bertz CT molecular complexity index is 749. The van der Waals surface area contributed by atoms with Gasteiger partial charge in [-0.25, -0.2) is 4.79 Å². The smallest absolute Gasteiger partial charge is 0.322 e. The van der Waals surface area contributed by atoms with E-state index in [1.54, 1.807) is 19.1 Å². The van der Waals surface area contributed by atoms with E-state index in [4.69, 9.17) is 15.2 Å². The predicted octanol–water partition coefficient (Wildman–Crippen LogP) is 2.79. The Morgan fingerprint density at radius 3 is 2.52 bits per heavy atom. The number of ether oxygens (including phenoxy) is 2. The fourth-order valence-electron chi connectivity index (χ4n) is 3.24. The van der Waals surface area contributed by atoms with Crippen LogP contribution in [0, 0.1) is 0 Å². The Morgan fingerprint density at radius 1 is 1.20 bits per heavy atom. The van der Waals surface area contributed by atoms with Crippen LogP contribution in [0.25, 0.3) is 0 Å². The maximum atomic E-state index is 12.7. The summed E-state index contributed by atoms with van der Waals surface area (Å²) in [4.78, 5) is 14.5. The van der Waals surface area contributed by atoms with Crippen molar-refractivity contribution in [1.29, 1.82) is 0 Å². The zero-order valence-electron chi connectivity index (χ0n) is 14.5. The molecule has 0 saturated carbocycles. The number of amides is 2. The SMILES string of the molecule is COc1cc2c(cc1OC)C(CN)N(C(=O)Nc1ccccc1)CC2. The van der Waals surface area contributed by atoms with E-state index in [9.17, 15) is 4.79 Å². The Kier molecular flexibility index (Phi) is 5.09. The fraction of sp³-hybridized carbons (Fsp3) is 0.316. The van der Waals surface area contributed by atoms with E-state index in [1.807, 2.05) is 42.5 Å². The van der Waals surface area contributed by atoms with Crippen molar-refractivity contribution in [2.75, 3.05) is 32.6 Å². The van der Waals surface area contributed by atoms with Crippen LogP contribution in [0.3, 0.4) is 0 Å². The molecular formula is C19H23N3O3. The first-order valence-corrected chi connectivity index (χ1v) is 8.25. The summed E-state index contributed by atoms with van der Waals surface area (Å²) in [6, 6.07) is 13.0. The van der Waals surface area contributed by atoms with Crippen molar-refractivity contribution < 1.29 is 14.3 Å². The molecule has 1 heterocycles. The molecule has 6 nitrogen and oxygen atoms in total. The lowest BCUT2D eigenvalue weighted by molar-refractivity contribution is 0.184. The van der Waals surface area contributed by atoms with E-state index in [1.165, 1.54) is 0 Å². The third-order valence-electron chi connectivity index (χ3n) is 4.51. The van der Waals surface area contributed by atoms with Crippen molar-refractivity contribution in [1.82, 2.24) is 4.90 Å². The first-order chi connectivity index (χ1) is 12.2. The van der Waals surface area contributed by atoms with Crippen LogP contribution in [0.2, 0.25) is 0 Å². The van der Waals surface area contributed by atoms with Crippen molar-refractivity contribution in [2.24, 2.45) is 5.73 Å². The average molecular weight is 341 g/mol. The first-order valence-electron chi connectivity index (χ1n) is 8.25. The van der Waals surface area contributed by atoms with Gasteiger partial charge in [0.05, 0.1) is 20.3 Å². The van der Waals surface area contributed by atoms with Crippen molar-refractivity contribution in [2.45, 2.75) is 12.5 Å². The maximum absolute atomic E-state index is 12.7. The summed E-state index contributed by atoms with van der Waals surface area (Å²) in [5.74, 6) is 1.34. The van der Waals surface area contributed by atoms with Crippen LogP contribution in [0.15, 0.2) is 42.5 Å². The molecule has 3 N–H and O–H groups in total. The average Bonchev–Trinajstić information content (AvgIpc) is 2.66. The summed E-state index contributed by atoms with van der Waals surface area (Å²) < 4.78 is 10.8. The Balaban J connectivity index is 1.88. The van der Waals surface area contributed by atoms with Crippen LogP contribution in [-0.2, 0) is 6.42 Å². The second-order valence-electron chi connectivity index (χ2n) is 5.90. The van der Waals surface area contributed by atoms with Gasteiger partial charge in [-0.05, 0) is 41.8 Å². The van der Waals surface area contributed by atoms with Crippen LogP contribution in [0.1, 0.15) is 17.2 Å². The zero-order valence-corrected chi connectivity index (χ0v) is 14.5. The van der Waals surface area contributed by atoms with Crippen molar-refractivity contribution >= 4 is 11.7 Å². The van der Waals surface area contributed by atoms with Crippen LogP contribution < -0.4 is 20.5 Å². The summed E-state index contributed by atoms with van der Waals surface area (Å²) in [7, 11) is 3.22. The number of carbonyl (C=O) groups is 1. The minimum Gasteiger partial charge on any atom is -0.493 e. The van der Waals surface area contributed by atoms with Gasteiger partial charge in [0.15, 0.2) is 11.5 Å². The van der Waals surface area contributed by atoms with Gasteiger partial charge in [0, 0.05) is 18.8 Å². The zero-order chi connectivity index (χ0) is 17.8. The summed E-state index contributed by atoms with van der Waals surface area (Å²) in [5, 5.41) is 2.93. The third kappa shape index (κ3) is 3.39. The number of urea groups is 1. The highest BCUT2D eigenvalue weighted by Gasteiger charge is 2.31. The molecule has 0 spiro atoms. The van der Waals surface area contributed by atoms with Gasteiger partial charge in [-0.3, -0.25) is 0 Å². The van der Waals surface area contributed by atoms with Gasteiger partial charge in [-0.1, -0.05) is 18.2 Å². The topological polar surface area (TPSA) is 76.8 Å². The van der Waals surface area contributed by atoms with Gasteiger partial charge < -0.3 is 25.4 Å². The number of para-hydroxylation sites is 1. The lowest BCUT2D eigenvalue weighted by atomic mass is 9.92. The molecule has 0 aromatic heterocycles. The number of nitrogens with two attached hydrogens (primary N) is 1. The van der Waals surface area contributed by atoms with Crippen molar-refractivity contribution in [3.05, 3.63) is 53.6 Å². The van der Waals surface area contributed by atoms with Gasteiger partial charge in [0.1, 0.15) is 0 Å². The first kappa shape index (κ1) is 17.1. The number of benzene rings is 2.